The van der Waals surface area contributed by atoms with Crippen LogP contribution in [0.1, 0.15) is 28.4 Å². The number of rotatable bonds is 2. The quantitative estimate of drug-likeness (QED) is 0.926. The van der Waals surface area contributed by atoms with Crippen molar-refractivity contribution in [1.29, 1.82) is 0 Å². The first kappa shape index (κ1) is 13.7. The average Bonchev–Trinajstić information content (AvgIpc) is 3.12. The lowest BCUT2D eigenvalue weighted by atomic mass is 10.1. The lowest BCUT2D eigenvalue weighted by Gasteiger charge is -2.13. The smallest absolute Gasteiger partial charge is 0.341 e. The fourth-order valence-corrected chi connectivity index (χ4v) is 2.50. The van der Waals surface area contributed by atoms with Gasteiger partial charge in [0.25, 0.3) is 0 Å². The second kappa shape index (κ2) is 4.34. The monoisotopic (exact) mass is 297 g/mol. The number of aryl methyl sites for hydroxylation is 1. The molecule has 0 bridgehead atoms. The molecule has 0 spiro atoms. The van der Waals surface area contributed by atoms with Gasteiger partial charge < -0.3 is 9.67 Å². The van der Waals surface area contributed by atoms with Gasteiger partial charge in [0.1, 0.15) is 11.7 Å². The number of hydrogen-bond donors (Lipinski definition) is 1. The summed E-state index contributed by atoms with van der Waals surface area (Å²) >= 11 is 0. The molecule has 3 rings (SSSR count). The Labute approximate surface area is 116 Å². The van der Waals surface area contributed by atoms with Gasteiger partial charge in [-0.15, -0.1) is 0 Å². The van der Waals surface area contributed by atoms with Crippen LogP contribution in [-0.2, 0) is 0 Å². The van der Waals surface area contributed by atoms with Crippen molar-refractivity contribution in [3.63, 3.8) is 0 Å². The number of nitrogens with zero attached hydrogens (tertiary/aromatic N) is 1. The van der Waals surface area contributed by atoms with Crippen LogP contribution >= 0.6 is 0 Å². The van der Waals surface area contributed by atoms with Crippen molar-refractivity contribution >= 4 is 16.9 Å². The summed E-state index contributed by atoms with van der Waals surface area (Å²) in [4.78, 5) is 23.3. The van der Waals surface area contributed by atoms with Crippen LogP contribution in [0, 0.1) is 18.6 Å². The van der Waals surface area contributed by atoms with Crippen LogP contribution in [0.4, 0.5) is 13.2 Å². The van der Waals surface area contributed by atoms with E-state index in [1.54, 1.807) is 0 Å². The van der Waals surface area contributed by atoms with Crippen molar-refractivity contribution in [3.8, 4) is 0 Å². The van der Waals surface area contributed by atoms with Crippen molar-refractivity contribution in [3.05, 3.63) is 45.2 Å². The summed E-state index contributed by atoms with van der Waals surface area (Å²) < 4.78 is 41.7. The van der Waals surface area contributed by atoms with Crippen LogP contribution in [0.15, 0.2) is 17.1 Å². The third kappa shape index (κ3) is 1.91. The molecule has 21 heavy (non-hydrogen) atoms. The van der Waals surface area contributed by atoms with E-state index in [9.17, 15) is 22.8 Å². The van der Waals surface area contributed by atoms with Gasteiger partial charge in [-0.3, -0.25) is 4.79 Å². The number of carbonyl (C=O) groups is 1. The van der Waals surface area contributed by atoms with E-state index < -0.39 is 40.8 Å². The molecule has 2 atom stereocenters. The molecule has 7 heteroatoms. The molecule has 0 aliphatic heterocycles. The maximum absolute atomic E-state index is 13.7. The summed E-state index contributed by atoms with van der Waals surface area (Å²) in [6.45, 7) is 1.19. The summed E-state index contributed by atoms with van der Waals surface area (Å²) in [5, 5.41) is 8.83. The number of aromatic carboxylic acids is 1. The Hall–Kier alpha value is -2.31. The highest BCUT2D eigenvalue weighted by molar-refractivity contribution is 5.93. The summed E-state index contributed by atoms with van der Waals surface area (Å²) in [7, 11) is 0. The Morgan fingerprint density at radius 1 is 1.43 bits per heavy atom. The number of pyridine rings is 1. The van der Waals surface area contributed by atoms with Crippen LogP contribution in [0.25, 0.3) is 10.9 Å². The molecule has 0 amide bonds. The molecule has 0 unspecified atom stereocenters. The number of hydrogen-bond acceptors (Lipinski definition) is 2. The first-order valence-electron chi connectivity index (χ1n) is 6.23. The molecule has 4 nitrogen and oxygen atoms in total. The molecule has 2 aromatic rings. The molecule has 1 aliphatic carbocycles. The minimum Gasteiger partial charge on any atom is -0.477 e. The van der Waals surface area contributed by atoms with Gasteiger partial charge in [-0.05, 0) is 6.92 Å². The fourth-order valence-electron chi connectivity index (χ4n) is 2.50. The number of fused-ring (bicyclic) bond motifs is 1. The van der Waals surface area contributed by atoms with E-state index in [-0.39, 0.29) is 22.9 Å². The minimum absolute atomic E-state index is 0.00606. The van der Waals surface area contributed by atoms with E-state index in [4.69, 9.17) is 5.11 Å². The number of benzene rings is 1. The van der Waals surface area contributed by atoms with Crippen molar-refractivity contribution in [1.82, 2.24) is 4.57 Å². The van der Waals surface area contributed by atoms with E-state index >= 15 is 0 Å². The van der Waals surface area contributed by atoms with Gasteiger partial charge in [0.15, 0.2) is 11.6 Å². The van der Waals surface area contributed by atoms with Crippen LogP contribution in [0.5, 0.6) is 0 Å². The number of carboxylic acid groups (broad SMARTS) is 1. The first-order chi connectivity index (χ1) is 9.82. The number of halogens is 3. The predicted octanol–water partition coefficient (Wildman–Crippen LogP) is 2.57. The molecule has 1 fully saturated rings. The van der Waals surface area contributed by atoms with Crippen molar-refractivity contribution in [2.75, 3.05) is 0 Å². The van der Waals surface area contributed by atoms with Gasteiger partial charge in [-0.2, -0.15) is 0 Å². The third-order valence-corrected chi connectivity index (χ3v) is 3.72. The van der Waals surface area contributed by atoms with Crippen molar-refractivity contribution in [2.45, 2.75) is 25.6 Å². The van der Waals surface area contributed by atoms with Crippen molar-refractivity contribution in [2.24, 2.45) is 0 Å². The first-order valence-corrected chi connectivity index (χ1v) is 6.23. The highest BCUT2D eigenvalue weighted by Gasteiger charge is 2.40. The normalized spacial score (nSPS) is 20.8. The standard InChI is InChI=1S/C14H10F3NO3/c1-5-11-10(3-8(16)12(5)17)18(9-2-7(9)15)4-6(13(11)19)14(20)21/h3-4,7,9H,2H2,1H3,(H,20,21)/t7-,9-/m1/s1. The Balaban J connectivity index is 2.49. The maximum Gasteiger partial charge on any atom is 0.341 e. The van der Waals surface area contributed by atoms with Crippen LogP contribution in [0.2, 0.25) is 0 Å². The average molecular weight is 297 g/mol. The number of aromatic nitrogens is 1. The zero-order chi connectivity index (χ0) is 15.5. The Bertz CT molecular complexity index is 844. The summed E-state index contributed by atoms with van der Waals surface area (Å²) in [5.41, 5.74) is -1.76. The van der Waals surface area contributed by atoms with Gasteiger partial charge in [0, 0.05) is 24.2 Å². The van der Waals surface area contributed by atoms with Gasteiger partial charge in [0.05, 0.1) is 16.9 Å². The molecule has 1 heterocycles. The molecular formula is C14H10F3NO3. The van der Waals surface area contributed by atoms with Crippen LogP contribution in [0.3, 0.4) is 0 Å². The SMILES string of the molecule is Cc1c(F)c(F)cc2c1c(=O)c(C(=O)O)cn2[C@@H]1C[C@H]1F. The summed E-state index contributed by atoms with van der Waals surface area (Å²) in [6.07, 6.45) is -0.0471. The zero-order valence-electron chi connectivity index (χ0n) is 10.9. The topological polar surface area (TPSA) is 59.3 Å². The van der Waals surface area contributed by atoms with E-state index in [0.717, 1.165) is 12.3 Å². The molecular weight excluding hydrogens is 287 g/mol. The Morgan fingerprint density at radius 3 is 2.57 bits per heavy atom. The van der Waals surface area contributed by atoms with Crippen molar-refractivity contribution < 1.29 is 23.1 Å². The number of carboxylic acids is 1. The highest BCUT2D eigenvalue weighted by atomic mass is 19.2. The highest BCUT2D eigenvalue weighted by Crippen LogP contribution is 2.41. The number of alkyl halides is 1. The minimum atomic E-state index is -1.49. The largest absolute Gasteiger partial charge is 0.477 e. The van der Waals surface area contributed by atoms with E-state index in [1.165, 1.54) is 11.5 Å². The fraction of sp³-hybridized carbons (Fsp3) is 0.286. The van der Waals surface area contributed by atoms with E-state index in [1.807, 2.05) is 0 Å². The predicted molar refractivity (Wildman–Crippen MR) is 68.4 cm³/mol. The molecule has 1 N–H and O–H groups in total. The maximum atomic E-state index is 13.7. The molecule has 0 radical (unpaired) electrons. The van der Waals surface area contributed by atoms with E-state index in [2.05, 4.69) is 0 Å². The van der Waals surface area contributed by atoms with Gasteiger partial charge >= 0.3 is 5.97 Å². The molecule has 110 valence electrons. The summed E-state index contributed by atoms with van der Waals surface area (Å²) in [6, 6.07) is 0.144. The lowest BCUT2D eigenvalue weighted by molar-refractivity contribution is 0.0694. The molecule has 1 aromatic carbocycles. The molecule has 1 saturated carbocycles. The third-order valence-electron chi connectivity index (χ3n) is 3.72. The molecule has 0 saturated heterocycles. The lowest BCUT2D eigenvalue weighted by Crippen LogP contribution is -2.20. The second-order valence-electron chi connectivity index (χ2n) is 5.09. The molecule has 1 aromatic heterocycles. The Morgan fingerprint density at radius 2 is 2.05 bits per heavy atom. The molecule has 1 aliphatic rings. The zero-order valence-corrected chi connectivity index (χ0v) is 10.9. The van der Waals surface area contributed by atoms with E-state index in [0.29, 0.717) is 0 Å². The van der Waals surface area contributed by atoms with Crippen LogP contribution < -0.4 is 5.43 Å². The van der Waals surface area contributed by atoms with Gasteiger partial charge in [0.2, 0.25) is 5.43 Å². The Kier molecular flexibility index (Phi) is 2.82. The van der Waals surface area contributed by atoms with Gasteiger partial charge in [-0.25, -0.2) is 18.0 Å². The summed E-state index contributed by atoms with van der Waals surface area (Å²) in [5.74, 6) is -3.86. The second-order valence-corrected chi connectivity index (χ2v) is 5.09. The van der Waals surface area contributed by atoms with Gasteiger partial charge in [-0.1, -0.05) is 0 Å². The van der Waals surface area contributed by atoms with Crippen LogP contribution in [-0.4, -0.2) is 21.8 Å².